The molecule has 4 nitrogen and oxygen atoms in total. The van der Waals surface area contributed by atoms with Crippen molar-refractivity contribution in [3.05, 3.63) is 23.8 Å². The summed E-state index contributed by atoms with van der Waals surface area (Å²) in [7, 11) is 1.62. The van der Waals surface area contributed by atoms with Crippen molar-refractivity contribution in [1.29, 1.82) is 0 Å². The Labute approximate surface area is 109 Å². The van der Waals surface area contributed by atoms with Crippen LogP contribution in [0, 0.1) is 0 Å². The molecule has 0 aliphatic carbocycles. The van der Waals surface area contributed by atoms with E-state index in [1.54, 1.807) is 7.11 Å². The van der Waals surface area contributed by atoms with Crippen molar-refractivity contribution in [3.8, 4) is 5.75 Å². The third-order valence-corrected chi connectivity index (χ3v) is 2.94. The van der Waals surface area contributed by atoms with Crippen LogP contribution in [0.25, 0.3) is 0 Å². The fraction of sp³-hybridized carbons (Fsp3) is 0.571. The van der Waals surface area contributed by atoms with Gasteiger partial charge in [-0.2, -0.15) is 0 Å². The van der Waals surface area contributed by atoms with Gasteiger partial charge in [0.25, 0.3) is 0 Å². The number of anilines is 1. The van der Waals surface area contributed by atoms with Gasteiger partial charge in [0.2, 0.25) is 0 Å². The van der Waals surface area contributed by atoms with E-state index >= 15 is 0 Å². The van der Waals surface area contributed by atoms with Gasteiger partial charge in [0.1, 0.15) is 5.75 Å². The number of rotatable bonds is 7. The fourth-order valence-corrected chi connectivity index (χ4v) is 1.71. The summed E-state index contributed by atoms with van der Waals surface area (Å²) in [5, 5.41) is 12.4. The van der Waals surface area contributed by atoms with Gasteiger partial charge >= 0.3 is 0 Å². The molecule has 0 atom stereocenters. The van der Waals surface area contributed by atoms with Gasteiger partial charge in [0, 0.05) is 5.54 Å². The van der Waals surface area contributed by atoms with Crippen molar-refractivity contribution in [2.45, 2.75) is 32.2 Å². The second kappa shape index (κ2) is 6.61. The molecule has 1 rings (SSSR count). The van der Waals surface area contributed by atoms with E-state index in [-0.39, 0.29) is 12.1 Å². The summed E-state index contributed by atoms with van der Waals surface area (Å²) in [6.45, 7) is 4.98. The number of methoxy groups -OCH3 is 1. The van der Waals surface area contributed by atoms with Crippen LogP contribution in [0.1, 0.15) is 25.8 Å². The van der Waals surface area contributed by atoms with Crippen LogP contribution in [0.2, 0.25) is 0 Å². The first kappa shape index (κ1) is 14.8. The fourth-order valence-electron chi connectivity index (χ4n) is 1.71. The number of nitrogens with one attached hydrogen (secondary N) is 1. The van der Waals surface area contributed by atoms with E-state index in [1.807, 2.05) is 32.0 Å². The number of aliphatic hydroxyl groups excluding tert-OH is 1. The topological polar surface area (TPSA) is 67.5 Å². The van der Waals surface area contributed by atoms with E-state index in [9.17, 15) is 0 Å². The van der Waals surface area contributed by atoms with Gasteiger partial charge in [-0.3, -0.25) is 0 Å². The van der Waals surface area contributed by atoms with Crippen LogP contribution in [0.3, 0.4) is 0 Å². The highest BCUT2D eigenvalue weighted by molar-refractivity contribution is 5.54. The van der Waals surface area contributed by atoms with E-state index in [0.717, 1.165) is 25.1 Å². The first-order chi connectivity index (χ1) is 8.48. The Morgan fingerprint density at radius 2 is 2.11 bits per heavy atom. The smallest absolute Gasteiger partial charge is 0.141 e. The number of nitrogens with two attached hydrogens (primary N) is 1. The van der Waals surface area contributed by atoms with Crippen molar-refractivity contribution in [3.63, 3.8) is 0 Å². The van der Waals surface area contributed by atoms with E-state index in [2.05, 4.69) is 5.32 Å². The zero-order valence-electron chi connectivity index (χ0n) is 11.5. The standard InChI is InChI=1S/C14H24N2O2/c1-14(2,10-17)16-8-4-5-11-6-7-13(18-3)12(15)9-11/h6-7,9,16-17H,4-5,8,10,15H2,1-3H3. The van der Waals surface area contributed by atoms with E-state index in [1.165, 1.54) is 5.56 Å². The molecule has 0 aliphatic rings. The molecule has 0 unspecified atom stereocenters. The average Bonchev–Trinajstić information content (AvgIpc) is 2.35. The lowest BCUT2D eigenvalue weighted by molar-refractivity contribution is 0.188. The van der Waals surface area contributed by atoms with Crippen molar-refractivity contribution < 1.29 is 9.84 Å². The molecule has 0 amide bonds. The van der Waals surface area contributed by atoms with Crippen LogP contribution in [0.4, 0.5) is 5.69 Å². The Hall–Kier alpha value is -1.26. The molecule has 4 N–H and O–H groups in total. The largest absolute Gasteiger partial charge is 0.495 e. The number of ether oxygens (including phenoxy) is 1. The third kappa shape index (κ3) is 4.55. The van der Waals surface area contributed by atoms with Crippen molar-refractivity contribution in [2.24, 2.45) is 0 Å². The Morgan fingerprint density at radius 3 is 2.67 bits per heavy atom. The first-order valence-corrected chi connectivity index (χ1v) is 6.27. The second-order valence-corrected chi connectivity index (χ2v) is 5.15. The second-order valence-electron chi connectivity index (χ2n) is 5.15. The number of aryl methyl sites for hydroxylation is 1. The first-order valence-electron chi connectivity index (χ1n) is 6.27. The Balaban J connectivity index is 2.38. The summed E-state index contributed by atoms with van der Waals surface area (Å²) < 4.78 is 5.12. The molecule has 0 heterocycles. The summed E-state index contributed by atoms with van der Waals surface area (Å²) >= 11 is 0. The van der Waals surface area contributed by atoms with E-state index < -0.39 is 0 Å². The van der Waals surface area contributed by atoms with Crippen LogP contribution in [0.5, 0.6) is 5.75 Å². The number of benzene rings is 1. The lowest BCUT2D eigenvalue weighted by Gasteiger charge is -2.23. The number of aliphatic hydroxyl groups is 1. The highest BCUT2D eigenvalue weighted by Gasteiger charge is 2.13. The van der Waals surface area contributed by atoms with Crippen LogP contribution in [0.15, 0.2) is 18.2 Å². The van der Waals surface area contributed by atoms with Crippen LogP contribution >= 0.6 is 0 Å². The number of hydrogen-bond acceptors (Lipinski definition) is 4. The lowest BCUT2D eigenvalue weighted by Crippen LogP contribution is -2.43. The Kier molecular flexibility index (Phi) is 5.44. The van der Waals surface area contributed by atoms with Gasteiger partial charge < -0.3 is 20.9 Å². The monoisotopic (exact) mass is 252 g/mol. The van der Waals surface area contributed by atoms with Gasteiger partial charge in [-0.05, 0) is 50.9 Å². The SMILES string of the molecule is COc1ccc(CCCNC(C)(C)CO)cc1N. The molecule has 102 valence electrons. The van der Waals surface area contributed by atoms with Crippen LogP contribution < -0.4 is 15.8 Å². The zero-order valence-corrected chi connectivity index (χ0v) is 11.5. The maximum atomic E-state index is 9.11. The van der Waals surface area contributed by atoms with Crippen LogP contribution in [-0.2, 0) is 6.42 Å². The molecule has 0 saturated heterocycles. The highest BCUT2D eigenvalue weighted by atomic mass is 16.5. The average molecular weight is 252 g/mol. The molecule has 0 radical (unpaired) electrons. The van der Waals surface area contributed by atoms with Crippen molar-refractivity contribution in [2.75, 3.05) is 26.0 Å². The number of hydrogen-bond donors (Lipinski definition) is 3. The molecule has 1 aromatic carbocycles. The molecule has 1 aromatic rings. The van der Waals surface area contributed by atoms with Gasteiger partial charge in [0.15, 0.2) is 0 Å². The summed E-state index contributed by atoms with van der Waals surface area (Å²) in [6, 6.07) is 5.89. The molecule has 0 fully saturated rings. The Morgan fingerprint density at radius 1 is 1.39 bits per heavy atom. The molecule has 0 spiro atoms. The summed E-state index contributed by atoms with van der Waals surface area (Å²) in [6.07, 6.45) is 1.97. The van der Waals surface area contributed by atoms with Gasteiger partial charge in [0.05, 0.1) is 19.4 Å². The molecule has 0 saturated carbocycles. The molecule has 0 bridgehead atoms. The minimum absolute atomic E-state index is 0.141. The maximum absolute atomic E-state index is 9.11. The summed E-state index contributed by atoms with van der Waals surface area (Å²) in [5.41, 5.74) is 7.53. The Bertz CT molecular complexity index is 378. The minimum atomic E-state index is -0.209. The van der Waals surface area contributed by atoms with E-state index in [0.29, 0.717) is 5.69 Å². The zero-order chi connectivity index (χ0) is 13.6. The highest BCUT2D eigenvalue weighted by Crippen LogP contribution is 2.22. The van der Waals surface area contributed by atoms with Crippen molar-refractivity contribution in [1.82, 2.24) is 5.32 Å². The van der Waals surface area contributed by atoms with Crippen molar-refractivity contribution >= 4 is 5.69 Å². The minimum Gasteiger partial charge on any atom is -0.495 e. The number of nitrogen functional groups attached to an aromatic ring is 1. The van der Waals surface area contributed by atoms with Gasteiger partial charge in [-0.25, -0.2) is 0 Å². The maximum Gasteiger partial charge on any atom is 0.141 e. The van der Waals surface area contributed by atoms with Gasteiger partial charge in [-0.1, -0.05) is 6.07 Å². The van der Waals surface area contributed by atoms with E-state index in [4.69, 9.17) is 15.6 Å². The normalized spacial score (nSPS) is 11.6. The molecule has 4 heteroatoms. The summed E-state index contributed by atoms with van der Waals surface area (Å²) in [4.78, 5) is 0. The summed E-state index contributed by atoms with van der Waals surface area (Å²) in [5.74, 6) is 0.721. The molecule has 18 heavy (non-hydrogen) atoms. The predicted octanol–water partition coefficient (Wildman–Crippen LogP) is 1.57. The third-order valence-electron chi connectivity index (χ3n) is 2.94. The molecule has 0 aromatic heterocycles. The quantitative estimate of drug-likeness (QED) is 0.509. The van der Waals surface area contributed by atoms with Crippen LogP contribution in [-0.4, -0.2) is 30.9 Å². The molecule has 0 aliphatic heterocycles. The van der Waals surface area contributed by atoms with Gasteiger partial charge in [-0.15, -0.1) is 0 Å². The predicted molar refractivity (Wildman–Crippen MR) is 74.9 cm³/mol. The molecular formula is C14H24N2O2. The lowest BCUT2D eigenvalue weighted by atomic mass is 10.1. The molecular weight excluding hydrogens is 228 g/mol.